The predicted octanol–water partition coefficient (Wildman–Crippen LogP) is 2.41. The third-order valence-corrected chi connectivity index (χ3v) is 4.14. The average Bonchev–Trinajstić information content (AvgIpc) is 3.10. The summed E-state index contributed by atoms with van der Waals surface area (Å²) in [5.74, 6) is 1.01. The maximum absolute atomic E-state index is 5.96. The number of likely N-dealkylation sites (N-methyl/N-ethyl adjacent to an activating group) is 1. The van der Waals surface area contributed by atoms with E-state index in [2.05, 4.69) is 22.3 Å². The Morgan fingerprint density at radius 2 is 2.30 bits per heavy atom. The van der Waals surface area contributed by atoms with Gasteiger partial charge in [-0.05, 0) is 25.6 Å². The SMILES string of the molecule is CNC(CN1CCC(OC)C1)c1cc2ccccc2o1. The van der Waals surface area contributed by atoms with E-state index in [1.807, 2.05) is 25.2 Å². The second kappa shape index (κ2) is 5.95. The first-order valence-electron chi connectivity index (χ1n) is 7.21. The second-order valence-electron chi connectivity index (χ2n) is 5.43. The minimum absolute atomic E-state index is 0.220. The van der Waals surface area contributed by atoms with Gasteiger partial charge in [0.15, 0.2) is 0 Å². The molecule has 1 aromatic heterocycles. The van der Waals surface area contributed by atoms with Gasteiger partial charge in [0.05, 0.1) is 12.1 Å². The first-order chi connectivity index (χ1) is 9.80. The van der Waals surface area contributed by atoms with Gasteiger partial charge in [-0.15, -0.1) is 0 Å². The van der Waals surface area contributed by atoms with Crippen molar-refractivity contribution in [2.75, 3.05) is 33.8 Å². The first kappa shape index (κ1) is 13.6. The maximum Gasteiger partial charge on any atom is 0.134 e. The summed E-state index contributed by atoms with van der Waals surface area (Å²) in [6.45, 7) is 3.06. The molecule has 0 saturated carbocycles. The Hall–Kier alpha value is -1.36. The number of ether oxygens (including phenoxy) is 1. The van der Waals surface area contributed by atoms with Crippen LogP contribution in [0.15, 0.2) is 34.7 Å². The summed E-state index contributed by atoms with van der Waals surface area (Å²) in [7, 11) is 3.78. The number of nitrogens with zero attached hydrogens (tertiary/aromatic N) is 1. The van der Waals surface area contributed by atoms with Crippen molar-refractivity contribution in [3.8, 4) is 0 Å². The average molecular weight is 274 g/mol. The molecule has 3 rings (SSSR count). The summed E-state index contributed by atoms with van der Waals surface area (Å²) in [5, 5.41) is 4.53. The number of para-hydroxylation sites is 1. The lowest BCUT2D eigenvalue weighted by Crippen LogP contribution is -2.33. The van der Waals surface area contributed by atoms with Crippen molar-refractivity contribution in [2.45, 2.75) is 18.6 Å². The molecule has 2 atom stereocenters. The van der Waals surface area contributed by atoms with Crippen LogP contribution in [-0.4, -0.2) is 44.8 Å². The van der Waals surface area contributed by atoms with Crippen LogP contribution in [0.1, 0.15) is 18.2 Å². The van der Waals surface area contributed by atoms with Gasteiger partial charge in [-0.3, -0.25) is 4.90 Å². The molecular weight excluding hydrogens is 252 g/mol. The summed E-state index contributed by atoms with van der Waals surface area (Å²) >= 11 is 0. The molecule has 2 unspecified atom stereocenters. The Balaban J connectivity index is 1.73. The number of methoxy groups -OCH3 is 1. The van der Waals surface area contributed by atoms with E-state index >= 15 is 0 Å². The van der Waals surface area contributed by atoms with Crippen LogP contribution in [0.4, 0.5) is 0 Å². The largest absolute Gasteiger partial charge is 0.459 e. The quantitative estimate of drug-likeness (QED) is 0.908. The van der Waals surface area contributed by atoms with E-state index in [0.717, 1.165) is 37.4 Å². The van der Waals surface area contributed by atoms with E-state index in [1.54, 1.807) is 7.11 Å². The van der Waals surface area contributed by atoms with E-state index in [1.165, 1.54) is 5.39 Å². The van der Waals surface area contributed by atoms with E-state index in [-0.39, 0.29) is 6.04 Å². The molecule has 2 aromatic rings. The van der Waals surface area contributed by atoms with Crippen LogP contribution < -0.4 is 5.32 Å². The van der Waals surface area contributed by atoms with E-state index < -0.39 is 0 Å². The lowest BCUT2D eigenvalue weighted by Gasteiger charge is -2.21. The molecule has 0 amide bonds. The molecular formula is C16H22N2O2. The van der Waals surface area contributed by atoms with Crippen molar-refractivity contribution in [2.24, 2.45) is 0 Å². The Bertz CT molecular complexity index is 533. The van der Waals surface area contributed by atoms with Gasteiger partial charge in [-0.1, -0.05) is 18.2 Å². The minimum atomic E-state index is 0.220. The molecule has 1 fully saturated rings. The predicted molar refractivity (Wildman–Crippen MR) is 79.9 cm³/mol. The van der Waals surface area contributed by atoms with Crippen molar-refractivity contribution in [1.29, 1.82) is 0 Å². The van der Waals surface area contributed by atoms with Crippen molar-refractivity contribution in [3.63, 3.8) is 0 Å². The zero-order valence-corrected chi connectivity index (χ0v) is 12.1. The van der Waals surface area contributed by atoms with Crippen molar-refractivity contribution in [3.05, 3.63) is 36.1 Å². The van der Waals surface area contributed by atoms with Crippen molar-refractivity contribution >= 4 is 11.0 Å². The number of hydrogen-bond donors (Lipinski definition) is 1. The number of furan rings is 1. The van der Waals surface area contributed by atoms with Gasteiger partial charge in [0.25, 0.3) is 0 Å². The molecule has 0 radical (unpaired) electrons. The molecule has 0 bridgehead atoms. The van der Waals surface area contributed by atoms with Crippen LogP contribution in [-0.2, 0) is 4.74 Å². The number of benzene rings is 1. The van der Waals surface area contributed by atoms with Crippen LogP contribution in [0.25, 0.3) is 11.0 Å². The van der Waals surface area contributed by atoms with Gasteiger partial charge in [-0.25, -0.2) is 0 Å². The third kappa shape index (κ3) is 2.73. The summed E-state index contributed by atoms with van der Waals surface area (Å²) in [4.78, 5) is 2.43. The Kier molecular flexibility index (Phi) is 4.05. The number of rotatable bonds is 5. The fourth-order valence-corrected chi connectivity index (χ4v) is 2.91. The summed E-state index contributed by atoms with van der Waals surface area (Å²) < 4.78 is 11.4. The molecule has 1 aliphatic rings. The maximum atomic E-state index is 5.96. The molecule has 0 spiro atoms. The van der Waals surface area contributed by atoms with Crippen molar-refractivity contribution in [1.82, 2.24) is 10.2 Å². The van der Waals surface area contributed by atoms with Gasteiger partial charge in [-0.2, -0.15) is 0 Å². The Morgan fingerprint density at radius 3 is 3.00 bits per heavy atom. The smallest absolute Gasteiger partial charge is 0.134 e. The summed E-state index contributed by atoms with van der Waals surface area (Å²) in [6.07, 6.45) is 1.50. The van der Waals surface area contributed by atoms with E-state index in [0.29, 0.717) is 6.10 Å². The summed E-state index contributed by atoms with van der Waals surface area (Å²) in [5.41, 5.74) is 0.957. The second-order valence-corrected chi connectivity index (χ2v) is 5.43. The van der Waals surface area contributed by atoms with Crippen LogP contribution in [0, 0.1) is 0 Å². The van der Waals surface area contributed by atoms with Gasteiger partial charge in [0, 0.05) is 32.1 Å². The molecule has 0 aliphatic carbocycles. The molecule has 108 valence electrons. The van der Waals surface area contributed by atoms with Crippen LogP contribution >= 0.6 is 0 Å². The summed E-state index contributed by atoms with van der Waals surface area (Å²) in [6, 6.07) is 10.5. The van der Waals surface area contributed by atoms with Crippen molar-refractivity contribution < 1.29 is 9.15 Å². The topological polar surface area (TPSA) is 37.6 Å². The Morgan fingerprint density at radius 1 is 1.45 bits per heavy atom. The minimum Gasteiger partial charge on any atom is -0.459 e. The fourth-order valence-electron chi connectivity index (χ4n) is 2.91. The van der Waals surface area contributed by atoms with Gasteiger partial charge >= 0.3 is 0 Å². The highest BCUT2D eigenvalue weighted by Gasteiger charge is 2.25. The van der Waals surface area contributed by atoms with Crippen LogP contribution in [0.2, 0.25) is 0 Å². The molecule has 1 saturated heterocycles. The standard InChI is InChI=1S/C16H22N2O2/c1-17-14(11-18-8-7-13(10-18)19-2)16-9-12-5-3-4-6-15(12)20-16/h3-6,9,13-14,17H,7-8,10-11H2,1-2H3. The van der Waals surface area contributed by atoms with E-state index in [4.69, 9.17) is 9.15 Å². The molecule has 20 heavy (non-hydrogen) atoms. The lowest BCUT2D eigenvalue weighted by molar-refractivity contribution is 0.106. The van der Waals surface area contributed by atoms with Gasteiger partial charge in [0.2, 0.25) is 0 Å². The Labute approximate surface area is 119 Å². The van der Waals surface area contributed by atoms with E-state index in [9.17, 15) is 0 Å². The molecule has 2 heterocycles. The number of nitrogens with one attached hydrogen (secondary N) is 1. The normalized spacial score (nSPS) is 21.6. The molecule has 4 heteroatoms. The first-order valence-corrected chi connectivity index (χ1v) is 7.21. The van der Waals surface area contributed by atoms with Gasteiger partial charge < -0.3 is 14.5 Å². The highest BCUT2D eigenvalue weighted by molar-refractivity contribution is 5.77. The number of hydrogen-bond acceptors (Lipinski definition) is 4. The lowest BCUT2D eigenvalue weighted by atomic mass is 10.2. The third-order valence-electron chi connectivity index (χ3n) is 4.14. The monoisotopic (exact) mass is 274 g/mol. The van der Waals surface area contributed by atoms with Crippen LogP contribution in [0.3, 0.4) is 0 Å². The number of likely N-dealkylation sites (tertiary alicyclic amines) is 1. The molecule has 1 aliphatic heterocycles. The fraction of sp³-hybridized carbons (Fsp3) is 0.500. The molecule has 1 aromatic carbocycles. The highest BCUT2D eigenvalue weighted by atomic mass is 16.5. The molecule has 4 nitrogen and oxygen atoms in total. The zero-order valence-electron chi connectivity index (χ0n) is 12.1. The highest BCUT2D eigenvalue weighted by Crippen LogP contribution is 2.25. The van der Waals surface area contributed by atoms with Crippen LogP contribution in [0.5, 0.6) is 0 Å². The number of fused-ring (bicyclic) bond motifs is 1. The zero-order chi connectivity index (χ0) is 13.9. The molecule has 1 N–H and O–H groups in total. The van der Waals surface area contributed by atoms with Gasteiger partial charge in [0.1, 0.15) is 11.3 Å².